The first kappa shape index (κ1) is 14.6. The minimum atomic E-state index is -3.63. The fraction of sp³-hybridized carbons (Fsp3) is 0.500. The van der Waals surface area contributed by atoms with Gasteiger partial charge in [0.05, 0.1) is 7.11 Å². The second kappa shape index (κ2) is 5.66. The Morgan fingerprint density at radius 2 is 2.16 bits per heavy atom. The van der Waals surface area contributed by atoms with E-state index in [2.05, 4.69) is 4.72 Å². The molecule has 1 fully saturated rings. The van der Waals surface area contributed by atoms with Gasteiger partial charge in [-0.1, -0.05) is 18.0 Å². The van der Waals surface area contributed by atoms with Crippen LogP contribution in [0.15, 0.2) is 17.0 Å². The van der Waals surface area contributed by atoms with E-state index < -0.39 is 10.0 Å². The summed E-state index contributed by atoms with van der Waals surface area (Å²) < 4.78 is 32.5. The lowest BCUT2D eigenvalue weighted by atomic mass is 9.94. The number of hydrogen-bond acceptors (Lipinski definition) is 4. The zero-order valence-corrected chi connectivity index (χ0v) is 12.2. The van der Waals surface area contributed by atoms with Crippen molar-refractivity contribution in [2.24, 2.45) is 5.73 Å². The third-order valence-corrected chi connectivity index (χ3v) is 4.98. The van der Waals surface area contributed by atoms with Gasteiger partial charge in [0.2, 0.25) is 10.0 Å². The highest BCUT2D eigenvalue weighted by molar-refractivity contribution is 7.89. The first-order valence-corrected chi connectivity index (χ1v) is 7.93. The largest absolute Gasteiger partial charge is 0.495 e. The summed E-state index contributed by atoms with van der Waals surface area (Å²) in [7, 11) is -2.21. The molecule has 0 saturated heterocycles. The second-order valence-corrected chi connectivity index (χ2v) is 6.67. The van der Waals surface area contributed by atoms with Crippen LogP contribution in [0, 0.1) is 0 Å². The van der Waals surface area contributed by atoms with Crippen molar-refractivity contribution in [1.29, 1.82) is 0 Å². The number of ether oxygens (including phenoxy) is 1. The average Bonchev–Trinajstić information content (AvgIpc) is 2.33. The highest BCUT2D eigenvalue weighted by atomic mass is 35.5. The molecule has 2 rings (SSSR count). The van der Waals surface area contributed by atoms with Crippen LogP contribution in [0.4, 0.5) is 0 Å². The van der Waals surface area contributed by atoms with E-state index in [4.69, 9.17) is 22.1 Å². The molecule has 0 aromatic heterocycles. The number of halogens is 1. The highest BCUT2D eigenvalue weighted by Crippen LogP contribution is 2.32. The molecular weight excluding hydrogens is 288 g/mol. The molecule has 0 amide bonds. The van der Waals surface area contributed by atoms with E-state index in [-0.39, 0.29) is 23.2 Å². The minimum Gasteiger partial charge on any atom is -0.495 e. The van der Waals surface area contributed by atoms with E-state index in [1.165, 1.54) is 13.2 Å². The Balaban J connectivity index is 2.44. The van der Waals surface area contributed by atoms with Crippen LogP contribution in [0.1, 0.15) is 24.8 Å². The van der Waals surface area contributed by atoms with Gasteiger partial charge in [0, 0.05) is 23.2 Å². The van der Waals surface area contributed by atoms with Gasteiger partial charge in [-0.15, -0.1) is 0 Å². The van der Waals surface area contributed by atoms with E-state index in [9.17, 15) is 8.42 Å². The minimum absolute atomic E-state index is 0.00927. The van der Waals surface area contributed by atoms with Gasteiger partial charge in [-0.2, -0.15) is 0 Å². The average molecular weight is 305 g/mol. The highest BCUT2D eigenvalue weighted by Gasteiger charge is 2.28. The maximum Gasteiger partial charge on any atom is 0.244 e. The van der Waals surface area contributed by atoms with Gasteiger partial charge in [0.1, 0.15) is 10.6 Å². The topological polar surface area (TPSA) is 81.4 Å². The van der Waals surface area contributed by atoms with Crippen LogP contribution in [0.2, 0.25) is 5.02 Å². The van der Waals surface area contributed by atoms with E-state index in [0.29, 0.717) is 10.6 Å². The molecule has 19 heavy (non-hydrogen) atoms. The van der Waals surface area contributed by atoms with Crippen molar-refractivity contribution in [2.75, 3.05) is 7.11 Å². The fourth-order valence-corrected chi connectivity index (χ4v) is 3.86. The van der Waals surface area contributed by atoms with Gasteiger partial charge >= 0.3 is 0 Å². The van der Waals surface area contributed by atoms with Crippen LogP contribution in [-0.2, 0) is 16.6 Å². The molecule has 3 N–H and O–H groups in total. The third kappa shape index (κ3) is 3.02. The van der Waals surface area contributed by atoms with Crippen molar-refractivity contribution in [3.05, 3.63) is 22.7 Å². The van der Waals surface area contributed by atoms with Crippen molar-refractivity contribution in [1.82, 2.24) is 4.72 Å². The van der Waals surface area contributed by atoms with E-state index in [1.54, 1.807) is 6.07 Å². The summed E-state index contributed by atoms with van der Waals surface area (Å²) in [5.41, 5.74) is 6.17. The monoisotopic (exact) mass is 304 g/mol. The molecule has 0 spiro atoms. The Kier molecular flexibility index (Phi) is 4.35. The van der Waals surface area contributed by atoms with Gasteiger partial charge in [0.25, 0.3) is 0 Å². The molecule has 1 aromatic rings. The normalized spacial score (nSPS) is 16.2. The molecule has 0 bridgehead atoms. The van der Waals surface area contributed by atoms with Crippen LogP contribution in [0.5, 0.6) is 5.75 Å². The van der Waals surface area contributed by atoms with E-state index in [1.807, 2.05) is 0 Å². The van der Waals surface area contributed by atoms with Crippen molar-refractivity contribution in [3.8, 4) is 5.75 Å². The number of hydrogen-bond donors (Lipinski definition) is 2. The maximum absolute atomic E-state index is 12.3. The molecule has 1 aliphatic carbocycles. The standard InChI is InChI=1S/C12H17ClN2O3S/c1-18-12-8(7-14)5-9(13)6-11(12)19(16,17)15-10-3-2-4-10/h5-6,10,15H,2-4,7,14H2,1H3. The predicted molar refractivity (Wildman–Crippen MR) is 73.9 cm³/mol. The lowest BCUT2D eigenvalue weighted by Gasteiger charge is -2.26. The van der Waals surface area contributed by atoms with Crippen LogP contribution < -0.4 is 15.2 Å². The molecule has 0 radical (unpaired) electrons. The summed E-state index contributed by atoms with van der Waals surface area (Å²) in [5, 5.41) is 0.329. The van der Waals surface area contributed by atoms with Gasteiger partial charge in [0.15, 0.2) is 0 Å². The van der Waals surface area contributed by atoms with Crippen molar-refractivity contribution in [2.45, 2.75) is 36.7 Å². The number of nitrogens with one attached hydrogen (secondary N) is 1. The third-order valence-electron chi connectivity index (χ3n) is 3.24. The summed E-state index contributed by atoms with van der Waals surface area (Å²) in [6.45, 7) is 0.162. The molecule has 0 aliphatic heterocycles. The number of rotatable bonds is 5. The molecule has 5 nitrogen and oxygen atoms in total. The predicted octanol–water partition coefficient (Wildman–Crippen LogP) is 1.64. The molecule has 1 aliphatic rings. The second-order valence-electron chi connectivity index (χ2n) is 4.55. The molecule has 1 saturated carbocycles. The molecule has 7 heteroatoms. The van der Waals surface area contributed by atoms with Gasteiger partial charge < -0.3 is 10.5 Å². The first-order valence-electron chi connectivity index (χ1n) is 6.06. The van der Waals surface area contributed by atoms with Crippen molar-refractivity contribution >= 4 is 21.6 Å². The summed E-state index contributed by atoms with van der Waals surface area (Å²) in [6, 6.07) is 3.01. The zero-order chi connectivity index (χ0) is 14.0. The molecule has 1 aromatic carbocycles. The Hall–Kier alpha value is -0.820. The zero-order valence-electron chi connectivity index (χ0n) is 10.6. The number of methoxy groups -OCH3 is 1. The first-order chi connectivity index (χ1) is 8.97. The van der Waals surface area contributed by atoms with Crippen LogP contribution in [0.3, 0.4) is 0 Å². The Bertz CT molecular complexity index is 571. The fourth-order valence-electron chi connectivity index (χ4n) is 2.01. The summed E-state index contributed by atoms with van der Waals surface area (Å²) >= 11 is 5.94. The molecule has 0 atom stereocenters. The molecular formula is C12H17ClN2O3S. The van der Waals surface area contributed by atoms with E-state index in [0.717, 1.165) is 19.3 Å². The Morgan fingerprint density at radius 3 is 2.63 bits per heavy atom. The summed E-state index contributed by atoms with van der Waals surface area (Å²) in [6.07, 6.45) is 2.78. The number of nitrogens with two attached hydrogens (primary N) is 1. The van der Waals surface area contributed by atoms with Crippen molar-refractivity contribution in [3.63, 3.8) is 0 Å². The van der Waals surface area contributed by atoms with Crippen LogP contribution in [0.25, 0.3) is 0 Å². The molecule has 0 heterocycles. The summed E-state index contributed by atoms with van der Waals surface area (Å²) in [5.74, 6) is 0.263. The Morgan fingerprint density at radius 1 is 1.47 bits per heavy atom. The number of sulfonamides is 1. The van der Waals surface area contributed by atoms with Crippen LogP contribution in [-0.4, -0.2) is 21.6 Å². The lowest BCUT2D eigenvalue weighted by Crippen LogP contribution is -2.39. The summed E-state index contributed by atoms with van der Waals surface area (Å²) in [4.78, 5) is 0.0508. The number of benzene rings is 1. The Labute approximate surface area is 118 Å². The van der Waals surface area contributed by atoms with Gasteiger partial charge in [-0.25, -0.2) is 13.1 Å². The van der Waals surface area contributed by atoms with Gasteiger partial charge in [-0.3, -0.25) is 0 Å². The SMILES string of the molecule is COc1c(CN)cc(Cl)cc1S(=O)(=O)NC1CCC1. The van der Waals surface area contributed by atoms with Crippen molar-refractivity contribution < 1.29 is 13.2 Å². The maximum atomic E-state index is 12.3. The molecule has 106 valence electrons. The smallest absolute Gasteiger partial charge is 0.244 e. The van der Waals surface area contributed by atoms with Crippen LogP contribution >= 0.6 is 11.6 Å². The van der Waals surface area contributed by atoms with E-state index >= 15 is 0 Å². The molecule has 0 unspecified atom stereocenters. The van der Waals surface area contributed by atoms with Gasteiger partial charge in [-0.05, 0) is 25.0 Å². The quantitative estimate of drug-likeness (QED) is 0.866. The lowest BCUT2D eigenvalue weighted by molar-refractivity contribution is 0.378.